The van der Waals surface area contributed by atoms with Gasteiger partial charge in [0.25, 0.3) is 0 Å². The van der Waals surface area contributed by atoms with Crippen LogP contribution in [0.1, 0.15) is 11.1 Å². The van der Waals surface area contributed by atoms with Crippen LogP contribution in [0, 0.1) is 17.0 Å². The van der Waals surface area contributed by atoms with Gasteiger partial charge in [0, 0.05) is 16.4 Å². The van der Waals surface area contributed by atoms with E-state index in [1.54, 1.807) is 6.07 Å². The molecular weight excluding hydrogens is 190 g/mol. The zero-order valence-corrected chi connectivity index (χ0v) is 8.04. The van der Waals surface area contributed by atoms with E-state index in [0.29, 0.717) is 11.4 Å². The zero-order chi connectivity index (χ0) is 9.84. The lowest BCUT2D eigenvalue weighted by Crippen LogP contribution is -2.04. The predicted molar refractivity (Wildman–Crippen MR) is 51.8 cm³/mol. The molecule has 0 aliphatic carbocycles. The molecule has 1 rings (SSSR count). The first-order valence-corrected chi connectivity index (χ1v) is 4.34. The quantitative estimate of drug-likeness (QED) is 0.555. The molecule has 0 radical (unpaired) electrons. The van der Waals surface area contributed by atoms with Crippen molar-refractivity contribution in [1.82, 2.24) is 0 Å². The van der Waals surface area contributed by atoms with E-state index >= 15 is 0 Å². The molecule has 0 bridgehead atoms. The Morgan fingerprint density at radius 1 is 1.54 bits per heavy atom. The highest BCUT2D eigenvalue weighted by Gasteiger charge is 2.04. The summed E-state index contributed by atoms with van der Waals surface area (Å²) in [5, 5.41) is 10.7. The van der Waals surface area contributed by atoms with Crippen LogP contribution in [-0.2, 0) is 6.42 Å². The Morgan fingerprint density at radius 2 is 2.23 bits per heavy atom. The lowest BCUT2D eigenvalue weighted by molar-refractivity contribution is -0.479. The van der Waals surface area contributed by atoms with Gasteiger partial charge in [-0.05, 0) is 18.6 Å². The number of rotatable bonds is 3. The molecule has 0 atom stereocenters. The maximum Gasteiger partial charge on any atom is 0.207 e. The lowest BCUT2D eigenvalue weighted by Gasteiger charge is -2.01. The summed E-state index contributed by atoms with van der Waals surface area (Å²) in [5.41, 5.74) is 1.92. The van der Waals surface area contributed by atoms with Crippen LogP contribution in [0.5, 0.6) is 0 Å². The van der Waals surface area contributed by atoms with Gasteiger partial charge in [0.15, 0.2) is 0 Å². The number of nitrogens with zero attached hydrogens (tertiary/aromatic N) is 1. The molecule has 0 heterocycles. The molecule has 0 aliphatic rings. The Morgan fingerprint density at radius 3 is 2.85 bits per heavy atom. The fourth-order valence-corrected chi connectivity index (χ4v) is 1.32. The van der Waals surface area contributed by atoms with Gasteiger partial charge in [-0.15, -0.1) is 0 Å². The minimum Gasteiger partial charge on any atom is -0.265 e. The minimum absolute atomic E-state index is 0.0663. The van der Waals surface area contributed by atoms with Crippen LogP contribution < -0.4 is 0 Å². The summed E-state index contributed by atoms with van der Waals surface area (Å²) in [5.74, 6) is 0. The van der Waals surface area contributed by atoms with Crippen LogP contribution in [0.15, 0.2) is 18.2 Å². The van der Waals surface area contributed by atoms with Crippen molar-refractivity contribution in [3.8, 4) is 0 Å². The van der Waals surface area contributed by atoms with Crippen molar-refractivity contribution in [2.75, 3.05) is 6.54 Å². The van der Waals surface area contributed by atoms with Gasteiger partial charge >= 0.3 is 0 Å². The molecule has 0 aliphatic heterocycles. The molecule has 1 aromatic carbocycles. The third kappa shape index (κ3) is 3.03. The average Bonchev–Trinajstić information content (AvgIpc) is 2.06. The molecular formula is C9H10ClNO2. The maximum atomic E-state index is 10.1. The van der Waals surface area contributed by atoms with Crippen molar-refractivity contribution in [3.05, 3.63) is 44.5 Å². The zero-order valence-electron chi connectivity index (χ0n) is 7.29. The van der Waals surface area contributed by atoms with E-state index in [0.717, 1.165) is 11.1 Å². The van der Waals surface area contributed by atoms with Crippen molar-refractivity contribution in [3.63, 3.8) is 0 Å². The molecule has 0 saturated carbocycles. The summed E-state index contributed by atoms with van der Waals surface area (Å²) in [7, 11) is 0. The fraction of sp³-hybridized carbons (Fsp3) is 0.333. The molecule has 4 heteroatoms. The molecule has 3 nitrogen and oxygen atoms in total. The van der Waals surface area contributed by atoms with Gasteiger partial charge < -0.3 is 0 Å². The van der Waals surface area contributed by atoms with Gasteiger partial charge in [0.05, 0.1) is 0 Å². The largest absolute Gasteiger partial charge is 0.265 e. The molecule has 70 valence electrons. The Bertz CT molecular complexity index is 325. The molecule has 0 aromatic heterocycles. The van der Waals surface area contributed by atoms with Crippen molar-refractivity contribution < 1.29 is 4.92 Å². The van der Waals surface area contributed by atoms with Crippen LogP contribution >= 0.6 is 11.6 Å². The summed E-state index contributed by atoms with van der Waals surface area (Å²) >= 11 is 5.86. The first-order chi connectivity index (χ1) is 6.09. The highest BCUT2D eigenvalue weighted by atomic mass is 35.5. The number of hydrogen-bond donors (Lipinski definition) is 0. The fourth-order valence-electron chi connectivity index (χ4n) is 1.11. The molecule has 1 aromatic rings. The normalized spacial score (nSPS) is 10.0. The number of aryl methyl sites for hydroxylation is 1. The van der Waals surface area contributed by atoms with E-state index in [1.165, 1.54) is 0 Å². The topological polar surface area (TPSA) is 43.1 Å². The summed E-state index contributed by atoms with van der Waals surface area (Å²) in [6, 6.07) is 5.54. The van der Waals surface area contributed by atoms with E-state index in [1.807, 2.05) is 19.1 Å². The predicted octanol–water partition coefficient (Wildman–Crippen LogP) is 2.47. The highest BCUT2D eigenvalue weighted by Crippen LogP contribution is 2.17. The van der Waals surface area contributed by atoms with E-state index in [4.69, 9.17) is 11.6 Å². The molecule has 0 spiro atoms. The summed E-state index contributed by atoms with van der Waals surface area (Å²) in [4.78, 5) is 9.80. The van der Waals surface area contributed by atoms with Gasteiger partial charge in [-0.3, -0.25) is 10.1 Å². The SMILES string of the molecule is Cc1ccc(Cl)c(CC[N+](=O)[O-])c1. The molecule has 0 amide bonds. The number of hydrogen-bond acceptors (Lipinski definition) is 2. The molecule has 0 N–H and O–H groups in total. The van der Waals surface area contributed by atoms with Crippen molar-refractivity contribution in [1.29, 1.82) is 0 Å². The smallest absolute Gasteiger partial charge is 0.207 e. The van der Waals surface area contributed by atoms with Gasteiger partial charge in [0.2, 0.25) is 6.54 Å². The van der Waals surface area contributed by atoms with Gasteiger partial charge in [-0.25, -0.2) is 0 Å². The second kappa shape index (κ2) is 4.23. The van der Waals surface area contributed by atoms with Crippen LogP contribution in [0.25, 0.3) is 0 Å². The van der Waals surface area contributed by atoms with Crippen LogP contribution in [0.2, 0.25) is 5.02 Å². The third-order valence-electron chi connectivity index (χ3n) is 1.76. The van der Waals surface area contributed by atoms with E-state index in [9.17, 15) is 10.1 Å². The standard InChI is InChI=1S/C9H10ClNO2/c1-7-2-3-9(10)8(6-7)4-5-11(12)13/h2-3,6H,4-5H2,1H3. The second-order valence-corrected chi connectivity index (χ2v) is 3.31. The molecule has 13 heavy (non-hydrogen) atoms. The van der Waals surface area contributed by atoms with Crippen LogP contribution in [0.3, 0.4) is 0 Å². The van der Waals surface area contributed by atoms with E-state index in [2.05, 4.69) is 0 Å². The minimum atomic E-state index is -0.335. The van der Waals surface area contributed by atoms with Gasteiger partial charge in [0.1, 0.15) is 0 Å². The third-order valence-corrected chi connectivity index (χ3v) is 2.13. The number of nitro groups is 1. The maximum absolute atomic E-state index is 10.1. The van der Waals surface area contributed by atoms with Gasteiger partial charge in [-0.1, -0.05) is 29.3 Å². The highest BCUT2D eigenvalue weighted by molar-refractivity contribution is 6.31. The first kappa shape index (κ1) is 9.99. The van der Waals surface area contributed by atoms with E-state index in [-0.39, 0.29) is 11.5 Å². The van der Waals surface area contributed by atoms with E-state index < -0.39 is 0 Å². The Hall–Kier alpha value is -1.09. The van der Waals surface area contributed by atoms with Gasteiger partial charge in [-0.2, -0.15) is 0 Å². The van der Waals surface area contributed by atoms with Crippen molar-refractivity contribution in [2.24, 2.45) is 0 Å². The molecule has 0 fully saturated rings. The number of benzene rings is 1. The monoisotopic (exact) mass is 199 g/mol. The average molecular weight is 200 g/mol. The summed E-state index contributed by atoms with van der Waals surface area (Å²) in [6.07, 6.45) is 0.396. The lowest BCUT2D eigenvalue weighted by atomic mass is 10.1. The first-order valence-electron chi connectivity index (χ1n) is 3.96. The van der Waals surface area contributed by atoms with Crippen molar-refractivity contribution >= 4 is 11.6 Å². The Labute approximate surface area is 81.5 Å². The molecule has 0 saturated heterocycles. The Kier molecular flexibility index (Phi) is 3.25. The van der Waals surface area contributed by atoms with Crippen molar-refractivity contribution in [2.45, 2.75) is 13.3 Å². The van der Waals surface area contributed by atoms with Crippen LogP contribution in [-0.4, -0.2) is 11.5 Å². The summed E-state index contributed by atoms with van der Waals surface area (Å²) in [6.45, 7) is 1.87. The van der Waals surface area contributed by atoms with Crippen LogP contribution in [0.4, 0.5) is 0 Å². The Balaban J connectivity index is 2.75. The second-order valence-electron chi connectivity index (χ2n) is 2.90. The molecule has 0 unspecified atom stereocenters. The summed E-state index contributed by atoms with van der Waals surface area (Å²) < 4.78 is 0. The number of halogens is 1.